The van der Waals surface area contributed by atoms with E-state index in [9.17, 15) is 13.6 Å². The van der Waals surface area contributed by atoms with Crippen molar-refractivity contribution < 1.29 is 18.3 Å². The van der Waals surface area contributed by atoms with Gasteiger partial charge in [0.25, 0.3) is 0 Å². The highest BCUT2D eigenvalue weighted by Gasteiger charge is 2.18. The third-order valence-corrected chi connectivity index (χ3v) is 2.07. The summed E-state index contributed by atoms with van der Waals surface area (Å²) in [5, 5.41) is 0.255. The fourth-order valence-electron chi connectivity index (χ4n) is 1.14. The first-order valence-electron chi connectivity index (χ1n) is 4.46. The molecule has 0 fully saturated rings. The first kappa shape index (κ1) is 12.9. The lowest BCUT2D eigenvalue weighted by atomic mass is 10.1. The third-order valence-electron chi connectivity index (χ3n) is 1.84. The molecular weight excluding hydrogens is 240 g/mol. The lowest BCUT2D eigenvalue weighted by Gasteiger charge is -2.11. The van der Waals surface area contributed by atoms with Crippen molar-refractivity contribution in [1.29, 1.82) is 0 Å². The van der Waals surface area contributed by atoms with E-state index in [1.807, 2.05) is 0 Å². The van der Waals surface area contributed by atoms with E-state index < -0.39 is 18.4 Å². The van der Waals surface area contributed by atoms with Gasteiger partial charge in [0, 0.05) is 5.02 Å². The molecule has 0 saturated heterocycles. The largest absolute Gasteiger partial charge is 0.434 e. The number of hydrogen-bond donors (Lipinski definition) is 1. The summed E-state index contributed by atoms with van der Waals surface area (Å²) >= 11 is 5.67. The minimum atomic E-state index is -3.00. The zero-order valence-electron chi connectivity index (χ0n) is 8.41. The summed E-state index contributed by atoms with van der Waals surface area (Å²) in [6.07, 6.45) is 0. The van der Waals surface area contributed by atoms with Crippen molar-refractivity contribution in [2.45, 2.75) is 19.6 Å². The van der Waals surface area contributed by atoms with Crippen LogP contribution in [0.1, 0.15) is 17.3 Å². The maximum absolute atomic E-state index is 12.1. The first-order chi connectivity index (χ1) is 7.41. The number of alkyl halides is 2. The molecule has 0 aliphatic rings. The van der Waals surface area contributed by atoms with Crippen molar-refractivity contribution in [2.24, 2.45) is 5.73 Å². The fraction of sp³-hybridized carbons (Fsp3) is 0.300. The monoisotopic (exact) mass is 249 g/mol. The number of carbonyl (C=O) groups is 1. The third kappa shape index (κ3) is 3.15. The minimum absolute atomic E-state index is 0.0391. The van der Waals surface area contributed by atoms with Gasteiger partial charge >= 0.3 is 6.61 Å². The van der Waals surface area contributed by atoms with Crippen LogP contribution in [-0.4, -0.2) is 18.4 Å². The van der Waals surface area contributed by atoms with Crippen LogP contribution in [0.15, 0.2) is 18.2 Å². The van der Waals surface area contributed by atoms with Crippen LogP contribution in [0.25, 0.3) is 0 Å². The Bertz CT molecular complexity index is 396. The summed E-state index contributed by atoms with van der Waals surface area (Å²) in [5.74, 6) is -0.722. The van der Waals surface area contributed by atoms with Gasteiger partial charge < -0.3 is 10.5 Å². The van der Waals surface area contributed by atoms with E-state index in [4.69, 9.17) is 17.3 Å². The number of benzene rings is 1. The Kier molecular flexibility index (Phi) is 4.20. The van der Waals surface area contributed by atoms with Gasteiger partial charge in [0.05, 0.1) is 11.6 Å². The van der Waals surface area contributed by atoms with Crippen molar-refractivity contribution in [1.82, 2.24) is 0 Å². The molecule has 0 spiro atoms. The molecule has 0 aromatic heterocycles. The Morgan fingerprint density at radius 3 is 2.62 bits per heavy atom. The number of Topliss-reactive ketones (excluding diaryl/α,β-unsaturated/α-hetero) is 1. The summed E-state index contributed by atoms with van der Waals surface area (Å²) in [6, 6.07) is 3.02. The summed E-state index contributed by atoms with van der Waals surface area (Å²) in [5.41, 5.74) is 5.34. The summed E-state index contributed by atoms with van der Waals surface area (Å²) in [7, 11) is 0. The van der Waals surface area contributed by atoms with Crippen LogP contribution in [0, 0.1) is 0 Å². The van der Waals surface area contributed by atoms with Gasteiger partial charge in [0.1, 0.15) is 5.75 Å². The van der Waals surface area contributed by atoms with Crippen LogP contribution in [0.5, 0.6) is 5.75 Å². The molecule has 3 nitrogen and oxygen atoms in total. The molecule has 1 aromatic rings. The van der Waals surface area contributed by atoms with Crippen molar-refractivity contribution in [3.63, 3.8) is 0 Å². The highest BCUT2D eigenvalue weighted by Crippen LogP contribution is 2.25. The zero-order valence-corrected chi connectivity index (χ0v) is 9.17. The fourth-order valence-corrected chi connectivity index (χ4v) is 1.31. The van der Waals surface area contributed by atoms with E-state index in [0.29, 0.717) is 0 Å². The number of hydrogen-bond acceptors (Lipinski definition) is 3. The Labute approximate surface area is 96.1 Å². The molecule has 1 unspecified atom stereocenters. The molecule has 88 valence electrons. The van der Waals surface area contributed by atoms with Gasteiger partial charge in [-0.15, -0.1) is 0 Å². The number of nitrogens with two attached hydrogens (primary N) is 1. The van der Waals surface area contributed by atoms with Crippen LogP contribution >= 0.6 is 11.6 Å². The average Bonchev–Trinajstić information content (AvgIpc) is 2.18. The predicted octanol–water partition coefficient (Wildman–Crippen LogP) is 2.47. The molecule has 16 heavy (non-hydrogen) atoms. The van der Waals surface area contributed by atoms with Gasteiger partial charge in [0.15, 0.2) is 5.78 Å². The quantitative estimate of drug-likeness (QED) is 0.834. The van der Waals surface area contributed by atoms with Gasteiger partial charge in [0.2, 0.25) is 0 Å². The SMILES string of the molecule is CC(N)C(=O)c1cc(Cl)ccc1OC(F)F. The van der Waals surface area contributed by atoms with Crippen LogP contribution in [-0.2, 0) is 0 Å². The molecule has 0 bridgehead atoms. The van der Waals surface area contributed by atoms with Crippen molar-refractivity contribution in [3.8, 4) is 5.75 Å². The molecule has 0 heterocycles. The van der Waals surface area contributed by atoms with Gasteiger partial charge in [-0.25, -0.2) is 0 Å². The summed E-state index contributed by atoms with van der Waals surface area (Å²) in [4.78, 5) is 11.6. The highest BCUT2D eigenvalue weighted by molar-refractivity contribution is 6.31. The number of rotatable bonds is 4. The first-order valence-corrected chi connectivity index (χ1v) is 4.83. The number of halogens is 3. The molecular formula is C10H10ClF2NO2. The van der Waals surface area contributed by atoms with Crippen LogP contribution in [0.4, 0.5) is 8.78 Å². The molecule has 0 amide bonds. The van der Waals surface area contributed by atoms with E-state index in [1.54, 1.807) is 0 Å². The Hall–Kier alpha value is -1.20. The maximum Gasteiger partial charge on any atom is 0.387 e. The van der Waals surface area contributed by atoms with Gasteiger partial charge in [-0.3, -0.25) is 4.79 Å². The Morgan fingerprint density at radius 2 is 2.12 bits per heavy atom. The lowest BCUT2D eigenvalue weighted by molar-refractivity contribution is -0.0501. The topological polar surface area (TPSA) is 52.3 Å². The number of ketones is 1. The van der Waals surface area contributed by atoms with Crippen LogP contribution < -0.4 is 10.5 Å². The molecule has 0 radical (unpaired) electrons. The standard InChI is InChI=1S/C10H10ClF2NO2/c1-5(14)9(15)7-4-6(11)2-3-8(7)16-10(12)13/h2-5,10H,14H2,1H3. The van der Waals surface area contributed by atoms with Gasteiger partial charge in [-0.2, -0.15) is 8.78 Å². The highest BCUT2D eigenvalue weighted by atomic mass is 35.5. The number of carbonyl (C=O) groups excluding carboxylic acids is 1. The molecule has 6 heteroatoms. The van der Waals surface area contributed by atoms with E-state index in [0.717, 1.165) is 0 Å². The molecule has 1 rings (SSSR count). The van der Waals surface area contributed by atoms with Crippen molar-refractivity contribution in [2.75, 3.05) is 0 Å². The van der Waals surface area contributed by atoms with E-state index >= 15 is 0 Å². The average molecular weight is 250 g/mol. The second kappa shape index (κ2) is 5.23. The van der Waals surface area contributed by atoms with E-state index in [2.05, 4.69) is 4.74 Å². The second-order valence-corrected chi connectivity index (χ2v) is 3.61. The maximum atomic E-state index is 12.1. The van der Waals surface area contributed by atoms with E-state index in [-0.39, 0.29) is 16.3 Å². The molecule has 0 saturated carbocycles. The molecule has 1 atom stereocenters. The zero-order chi connectivity index (χ0) is 12.3. The second-order valence-electron chi connectivity index (χ2n) is 3.17. The number of ether oxygens (including phenoxy) is 1. The summed E-state index contributed by atoms with van der Waals surface area (Å²) < 4.78 is 28.3. The van der Waals surface area contributed by atoms with Gasteiger partial charge in [-0.1, -0.05) is 11.6 Å². The predicted molar refractivity (Wildman–Crippen MR) is 56.1 cm³/mol. The molecule has 1 aromatic carbocycles. The van der Waals surface area contributed by atoms with Crippen molar-refractivity contribution in [3.05, 3.63) is 28.8 Å². The lowest BCUT2D eigenvalue weighted by Crippen LogP contribution is -2.27. The Balaban J connectivity index is 3.12. The molecule has 2 N–H and O–H groups in total. The Morgan fingerprint density at radius 1 is 1.50 bits per heavy atom. The van der Waals surface area contributed by atoms with Crippen molar-refractivity contribution >= 4 is 17.4 Å². The van der Waals surface area contributed by atoms with E-state index in [1.165, 1.54) is 25.1 Å². The van der Waals surface area contributed by atoms with Gasteiger partial charge in [-0.05, 0) is 25.1 Å². The normalized spacial score (nSPS) is 12.6. The minimum Gasteiger partial charge on any atom is -0.434 e. The molecule has 0 aliphatic carbocycles. The smallest absolute Gasteiger partial charge is 0.387 e. The molecule has 0 aliphatic heterocycles. The summed E-state index contributed by atoms with van der Waals surface area (Å²) in [6.45, 7) is -1.55. The van der Waals surface area contributed by atoms with Crippen LogP contribution in [0.3, 0.4) is 0 Å². The van der Waals surface area contributed by atoms with Crippen LogP contribution in [0.2, 0.25) is 5.02 Å².